The van der Waals surface area contributed by atoms with Gasteiger partial charge in [-0.25, -0.2) is 26.3 Å². The van der Waals surface area contributed by atoms with E-state index in [1.54, 1.807) is 0 Å². The van der Waals surface area contributed by atoms with E-state index >= 15 is 0 Å². The van der Waals surface area contributed by atoms with E-state index in [2.05, 4.69) is 201 Å². The Morgan fingerprint density at radius 3 is 0.937 bits per heavy atom. The molecule has 4 aliphatic rings. The summed E-state index contributed by atoms with van der Waals surface area (Å²) < 4.78 is 64.4. The third-order valence-corrected chi connectivity index (χ3v) is 17.1. The van der Waals surface area contributed by atoms with Crippen molar-refractivity contribution >= 4 is 42.4 Å². The normalized spacial score (nSPS) is 20.1. The summed E-state index contributed by atoms with van der Waals surface area (Å²) in [5, 5.41) is 0. The van der Waals surface area contributed by atoms with E-state index in [1.165, 1.54) is 58.9 Å². The fraction of sp³-hybridized carbons (Fsp3) is 0.294. The van der Waals surface area contributed by atoms with Gasteiger partial charge in [0.25, 0.3) is 0 Å². The van der Waals surface area contributed by atoms with Crippen molar-refractivity contribution in [3.8, 4) is 0 Å². The van der Waals surface area contributed by atoms with Crippen LogP contribution >= 0.6 is 0 Å². The third kappa shape index (κ3) is 14.4. The van der Waals surface area contributed by atoms with Gasteiger partial charge in [0.05, 0.1) is 21.8 Å². The van der Waals surface area contributed by atoms with Crippen LogP contribution in [0.1, 0.15) is 64.9 Å². The van der Waals surface area contributed by atoms with Crippen molar-refractivity contribution < 1.29 is 25.9 Å². The zero-order valence-corrected chi connectivity index (χ0v) is 39.6. The number of hydrogen-bond acceptors (Lipinski definition) is 6. The van der Waals surface area contributed by atoms with Crippen LogP contribution in [-0.4, -0.2) is 38.5 Å². The van der Waals surface area contributed by atoms with Crippen LogP contribution in [0.4, 0.5) is 0 Å². The Hall–Kier alpha value is -4.24. The van der Waals surface area contributed by atoms with Crippen molar-refractivity contribution in [3.05, 3.63) is 181 Å². The number of benzene rings is 6. The predicted molar refractivity (Wildman–Crippen MR) is 254 cm³/mol. The predicted octanol–water partition coefficient (Wildman–Crippen LogP) is 10.5. The van der Waals surface area contributed by atoms with Crippen LogP contribution in [0.15, 0.2) is 205 Å². The number of nitrogens with one attached hydrogen (secondary N) is 2. The first-order valence-corrected chi connectivity index (χ1v) is 26.5. The Morgan fingerprint density at radius 1 is 0.460 bits per heavy atom. The van der Waals surface area contributed by atoms with E-state index in [9.17, 15) is 25.9 Å². The minimum atomic E-state index is -4.29. The monoisotopic (exact) mass is 922 g/mol. The van der Waals surface area contributed by atoms with E-state index < -0.39 is 20.6 Å². The fourth-order valence-corrected chi connectivity index (χ4v) is 14.2. The van der Waals surface area contributed by atoms with Gasteiger partial charge >= 0.3 is 0 Å². The molecule has 4 aliphatic carbocycles. The van der Waals surface area contributed by atoms with E-state index in [0.717, 1.165) is 26.3 Å². The van der Waals surface area contributed by atoms with E-state index in [0.29, 0.717) is 17.8 Å². The van der Waals surface area contributed by atoms with Gasteiger partial charge in [-0.3, -0.25) is 0 Å². The first-order chi connectivity index (χ1) is 30.0. The smallest absolute Gasteiger partial charge is 0.166 e. The van der Waals surface area contributed by atoms with Crippen molar-refractivity contribution in [1.82, 2.24) is 9.44 Å². The van der Waals surface area contributed by atoms with Gasteiger partial charge in [0.2, 0.25) is 0 Å². The molecule has 8 nitrogen and oxygen atoms in total. The maximum Gasteiger partial charge on any atom is 0.166 e. The third-order valence-electron chi connectivity index (χ3n) is 11.5. The van der Waals surface area contributed by atoms with Gasteiger partial charge in [0.15, 0.2) is 50.0 Å². The molecule has 0 unspecified atom stereocenters. The SMILES string of the molecule is CC(C)(C)c1ccc([S+](c2ccccc2)c2ccccc2)cc1.CNS(=O)(=O)[O-].O=S(=O)([O-])NC12CC3CC(CC(C3)C1)C2.c1ccc([S+](c2ccccc2)c2ccccc2)cc1. The van der Waals surface area contributed by atoms with Crippen molar-refractivity contribution in [2.45, 2.75) is 99.6 Å². The van der Waals surface area contributed by atoms with Crippen molar-refractivity contribution in [2.75, 3.05) is 7.05 Å². The lowest BCUT2D eigenvalue weighted by atomic mass is 9.53. The average molecular weight is 923 g/mol. The van der Waals surface area contributed by atoms with Gasteiger partial charge < -0.3 is 9.11 Å². The molecule has 12 heteroatoms. The molecule has 0 aromatic heterocycles. The largest absolute Gasteiger partial charge is 0.735 e. The molecule has 6 aromatic rings. The van der Waals surface area contributed by atoms with Crippen LogP contribution in [0.2, 0.25) is 0 Å². The summed E-state index contributed by atoms with van der Waals surface area (Å²) in [4.78, 5) is 8.18. The molecule has 0 atom stereocenters. The topological polar surface area (TPSA) is 138 Å². The molecule has 0 spiro atoms. The second-order valence-electron chi connectivity index (χ2n) is 17.4. The lowest BCUT2D eigenvalue weighted by Gasteiger charge is -2.57. The minimum Gasteiger partial charge on any atom is -0.735 e. The molecule has 0 saturated heterocycles. The number of hydrogen-bond donors (Lipinski definition) is 2. The summed E-state index contributed by atoms with van der Waals surface area (Å²) in [6.07, 6.45) is 6.42. The lowest BCUT2D eigenvalue weighted by Crippen LogP contribution is -2.59. The molecule has 0 amide bonds. The Bertz CT molecular complexity index is 2360. The highest BCUT2D eigenvalue weighted by Gasteiger charge is 2.51. The van der Waals surface area contributed by atoms with Crippen molar-refractivity contribution in [1.29, 1.82) is 0 Å². The van der Waals surface area contributed by atoms with Gasteiger partial charge in [-0.05, 0) is 147 Å². The highest BCUT2D eigenvalue weighted by Crippen LogP contribution is 2.55. The Morgan fingerprint density at radius 2 is 0.714 bits per heavy atom. The standard InChI is InChI=1S/C22H23S.C18H15S.C10H17NO3S.CH5NO3S/c1-22(2,3)18-14-16-21(17-15-18)23(19-10-6-4-7-11-19)20-12-8-5-9-13-20;1-4-10-16(11-5-1)19(17-12-6-2-7-13-17)18-14-8-3-9-15-18;12-15(13,14)11-10-4-7-1-8(5-10)3-9(2-7)6-10;1-2-6(3,4)5/h4-17H,1-3H3;1-15H;7-9,11H,1-6H2,(H,12,13,14);2H,1H3,(H,3,4,5)/q2*+1;;/p-2. The average Bonchev–Trinajstić information content (AvgIpc) is 3.25. The lowest BCUT2D eigenvalue weighted by molar-refractivity contribution is -0.00919. The molecule has 63 heavy (non-hydrogen) atoms. The van der Waals surface area contributed by atoms with Crippen LogP contribution in [-0.2, 0) is 47.8 Å². The highest BCUT2D eigenvalue weighted by molar-refractivity contribution is 7.97. The molecule has 0 aliphatic heterocycles. The van der Waals surface area contributed by atoms with Gasteiger partial charge in [-0.15, -0.1) is 0 Å². The zero-order chi connectivity index (χ0) is 45.1. The van der Waals surface area contributed by atoms with Crippen LogP contribution in [0.5, 0.6) is 0 Å². The molecule has 2 N–H and O–H groups in total. The molecule has 0 radical (unpaired) electrons. The summed E-state index contributed by atoms with van der Waals surface area (Å²) in [6.45, 7) is 6.78. The van der Waals surface area contributed by atoms with E-state index in [-0.39, 0.29) is 32.7 Å². The van der Waals surface area contributed by atoms with Gasteiger partial charge in [-0.1, -0.05) is 124 Å². The van der Waals surface area contributed by atoms with Crippen molar-refractivity contribution in [3.63, 3.8) is 0 Å². The summed E-state index contributed by atoms with van der Waals surface area (Å²) in [7, 11) is -7.46. The van der Waals surface area contributed by atoms with E-state index in [4.69, 9.17) is 0 Å². The first-order valence-electron chi connectivity index (χ1n) is 21.2. The fourth-order valence-electron chi connectivity index (χ4n) is 9.19. The quantitative estimate of drug-likeness (QED) is 0.109. The molecule has 6 aromatic carbocycles. The summed E-state index contributed by atoms with van der Waals surface area (Å²) in [5.74, 6) is 1.97. The molecule has 4 fully saturated rings. The molecular formula is C51H58N2O6S4. The zero-order valence-electron chi connectivity index (χ0n) is 36.3. The van der Waals surface area contributed by atoms with Gasteiger partial charge in [-0.2, -0.15) is 0 Å². The second kappa shape index (κ2) is 21.6. The molecular weight excluding hydrogens is 865 g/mol. The summed E-state index contributed by atoms with van der Waals surface area (Å²) in [5.41, 5.74) is 1.21. The van der Waals surface area contributed by atoms with Crippen LogP contribution < -0.4 is 9.44 Å². The Balaban J connectivity index is 0.000000150. The van der Waals surface area contributed by atoms with Gasteiger partial charge in [0.1, 0.15) is 0 Å². The van der Waals surface area contributed by atoms with Crippen LogP contribution in [0, 0.1) is 17.8 Å². The molecule has 4 saturated carbocycles. The highest BCUT2D eigenvalue weighted by atomic mass is 32.2. The maximum atomic E-state index is 10.8. The van der Waals surface area contributed by atoms with Crippen LogP contribution in [0.3, 0.4) is 0 Å². The van der Waals surface area contributed by atoms with Crippen molar-refractivity contribution in [2.24, 2.45) is 17.8 Å². The Labute approximate surface area is 381 Å². The maximum absolute atomic E-state index is 10.8. The Kier molecular flexibility index (Phi) is 16.6. The van der Waals surface area contributed by atoms with Crippen LogP contribution in [0.25, 0.3) is 0 Å². The summed E-state index contributed by atoms with van der Waals surface area (Å²) >= 11 is 0. The molecule has 0 heterocycles. The molecule has 10 rings (SSSR count). The first kappa shape index (κ1) is 48.2. The molecule has 332 valence electrons. The second-order valence-corrected chi connectivity index (χ2v) is 23.8. The molecule has 4 bridgehead atoms. The number of rotatable bonds is 9. The summed E-state index contributed by atoms with van der Waals surface area (Å²) in [6, 6.07) is 62.9. The minimum absolute atomic E-state index is 0.0146. The van der Waals surface area contributed by atoms with E-state index in [1.807, 2.05) is 0 Å². The van der Waals surface area contributed by atoms with Gasteiger partial charge in [0, 0.05) is 5.54 Å².